The summed E-state index contributed by atoms with van der Waals surface area (Å²) < 4.78 is 19.0. The van der Waals surface area contributed by atoms with Crippen LogP contribution in [0.15, 0.2) is 48.5 Å². The van der Waals surface area contributed by atoms with Crippen LogP contribution in [0.4, 0.5) is 10.5 Å². The zero-order valence-corrected chi connectivity index (χ0v) is 27.1. The van der Waals surface area contributed by atoms with Gasteiger partial charge in [-0.05, 0) is 98.4 Å². The molecule has 6 rings (SSSR count). The minimum Gasteiger partial charge on any atom is -0.448 e. The summed E-state index contributed by atoms with van der Waals surface area (Å²) in [5, 5.41) is 0. The second-order valence-electron chi connectivity index (χ2n) is 13.4. The lowest BCUT2D eigenvalue weighted by molar-refractivity contribution is 0.00578. The van der Waals surface area contributed by atoms with Gasteiger partial charge >= 0.3 is 13.2 Å². The molecule has 0 unspecified atom stereocenters. The number of hydrogen-bond acceptors (Lipinski definition) is 5. The maximum atomic E-state index is 13.3. The van der Waals surface area contributed by atoms with E-state index in [9.17, 15) is 4.79 Å². The molecule has 44 heavy (non-hydrogen) atoms. The van der Waals surface area contributed by atoms with E-state index in [0.717, 1.165) is 27.8 Å². The highest BCUT2D eigenvalue weighted by atomic mass is 16.7. The average molecular weight is 591 g/mol. The van der Waals surface area contributed by atoms with Crippen LogP contribution in [0.5, 0.6) is 0 Å². The number of benzene rings is 3. The predicted molar refractivity (Wildman–Crippen MR) is 178 cm³/mol. The Labute approximate surface area is 262 Å². The number of piperazine rings is 1. The molecule has 2 saturated heterocycles. The molecule has 0 saturated carbocycles. The Morgan fingerprint density at radius 1 is 0.886 bits per heavy atom. The molecule has 0 aromatic heterocycles. The molecule has 3 aliphatic rings. The molecule has 0 spiro atoms. The van der Waals surface area contributed by atoms with Crippen LogP contribution in [0.3, 0.4) is 0 Å². The summed E-state index contributed by atoms with van der Waals surface area (Å²) in [6.45, 7) is 17.7. The summed E-state index contributed by atoms with van der Waals surface area (Å²) in [4.78, 5) is 17.5. The van der Waals surface area contributed by atoms with E-state index in [1.807, 2.05) is 4.90 Å². The van der Waals surface area contributed by atoms with Crippen LogP contribution >= 0.6 is 0 Å². The first-order valence-electron chi connectivity index (χ1n) is 15.7. The Hall–Kier alpha value is -3.73. The molecule has 2 heterocycles. The molecule has 2 aliphatic heterocycles. The topological polar surface area (TPSA) is 51.2 Å². The van der Waals surface area contributed by atoms with Crippen LogP contribution in [0, 0.1) is 33.1 Å². The van der Waals surface area contributed by atoms with Gasteiger partial charge in [0.05, 0.1) is 11.2 Å². The van der Waals surface area contributed by atoms with Gasteiger partial charge < -0.3 is 23.8 Å². The van der Waals surface area contributed by atoms with Crippen molar-refractivity contribution < 1.29 is 18.8 Å². The summed E-state index contributed by atoms with van der Waals surface area (Å²) in [5.41, 5.74) is 10.9. The first-order valence-corrected chi connectivity index (χ1v) is 15.7. The second-order valence-corrected chi connectivity index (χ2v) is 13.4. The van der Waals surface area contributed by atoms with Crippen molar-refractivity contribution in [2.24, 2.45) is 0 Å². The average Bonchev–Trinajstić information content (AvgIpc) is 3.42. The standard InChI is InChI=1S/C37H43BN2O4/c1-9-14-27-24(2)33(38-43-36(5,6)37(7,8)44-38)26(4)34(25(27)3)39-19-21-40(22-20-39)35(41)42-23-32-30-17-12-10-15-28(30)29-16-11-13-18-31(29)32/h1,10-13,15-18,32H,14,19-23H2,2-8H3. The summed E-state index contributed by atoms with van der Waals surface area (Å²) in [6, 6.07) is 16.8. The zero-order chi connectivity index (χ0) is 31.4. The molecule has 0 bridgehead atoms. The number of carbonyl (C=O) groups excluding carboxylic acids is 1. The Morgan fingerprint density at radius 3 is 1.98 bits per heavy atom. The summed E-state index contributed by atoms with van der Waals surface area (Å²) >= 11 is 0. The van der Waals surface area contributed by atoms with E-state index in [0.29, 0.717) is 39.2 Å². The van der Waals surface area contributed by atoms with Crippen molar-refractivity contribution in [3.63, 3.8) is 0 Å². The van der Waals surface area contributed by atoms with E-state index in [1.165, 1.54) is 27.8 Å². The minimum atomic E-state index is -0.474. The Kier molecular flexibility index (Phi) is 7.80. The lowest BCUT2D eigenvalue weighted by atomic mass is 9.70. The summed E-state index contributed by atoms with van der Waals surface area (Å²) in [6.07, 6.45) is 6.13. The third kappa shape index (κ3) is 4.99. The molecule has 7 heteroatoms. The van der Waals surface area contributed by atoms with Gasteiger partial charge in [-0.2, -0.15) is 0 Å². The van der Waals surface area contributed by atoms with E-state index in [1.54, 1.807) is 0 Å². The summed E-state index contributed by atoms with van der Waals surface area (Å²) in [5.74, 6) is 2.92. The highest BCUT2D eigenvalue weighted by Crippen LogP contribution is 2.44. The number of carbonyl (C=O) groups is 1. The van der Waals surface area contributed by atoms with Crippen LogP contribution in [-0.2, 0) is 20.5 Å². The van der Waals surface area contributed by atoms with Crippen LogP contribution in [0.1, 0.15) is 67.0 Å². The molecule has 228 valence electrons. The van der Waals surface area contributed by atoms with Crippen molar-refractivity contribution in [3.05, 3.63) is 81.9 Å². The normalized spacial score (nSPS) is 18.6. The van der Waals surface area contributed by atoms with Crippen LogP contribution in [0.2, 0.25) is 0 Å². The number of nitrogens with zero attached hydrogens (tertiary/aromatic N) is 2. The molecule has 0 radical (unpaired) electrons. The molecular formula is C37H43BN2O4. The molecule has 6 nitrogen and oxygen atoms in total. The van der Waals surface area contributed by atoms with Gasteiger partial charge in [0.25, 0.3) is 0 Å². The van der Waals surface area contributed by atoms with E-state index in [4.69, 9.17) is 20.5 Å². The highest BCUT2D eigenvalue weighted by Gasteiger charge is 2.53. The number of terminal acetylenes is 1. The fourth-order valence-electron chi connectivity index (χ4n) is 7.23. The van der Waals surface area contributed by atoms with Gasteiger partial charge in [0.15, 0.2) is 0 Å². The molecule has 3 aromatic carbocycles. The Bertz CT molecular complexity index is 1590. The van der Waals surface area contributed by atoms with Crippen molar-refractivity contribution >= 4 is 24.4 Å². The number of rotatable bonds is 5. The van der Waals surface area contributed by atoms with Crippen LogP contribution in [-0.4, -0.2) is 62.1 Å². The summed E-state index contributed by atoms with van der Waals surface area (Å²) in [7, 11) is -0.474. The predicted octanol–water partition coefficient (Wildman–Crippen LogP) is 6.16. The van der Waals surface area contributed by atoms with Crippen molar-refractivity contribution in [3.8, 4) is 23.5 Å². The first kappa shape index (κ1) is 30.3. The van der Waals surface area contributed by atoms with Crippen molar-refractivity contribution in [1.29, 1.82) is 0 Å². The van der Waals surface area contributed by atoms with Crippen molar-refractivity contribution in [2.45, 2.75) is 72.0 Å². The lowest BCUT2D eigenvalue weighted by Gasteiger charge is -2.38. The first-order chi connectivity index (χ1) is 20.9. The molecule has 0 atom stereocenters. The number of hydrogen-bond donors (Lipinski definition) is 0. The maximum Gasteiger partial charge on any atom is 0.495 e. The SMILES string of the molecule is C#CCc1c(C)c(B2OC(C)(C)C(C)(C)O2)c(C)c(N2CCN(C(=O)OCC3c4ccccc4-c4ccccc43)CC2)c1C. The zero-order valence-electron chi connectivity index (χ0n) is 27.1. The van der Waals surface area contributed by atoms with E-state index >= 15 is 0 Å². The minimum absolute atomic E-state index is 0.0495. The van der Waals surface area contributed by atoms with Crippen molar-refractivity contribution in [2.75, 3.05) is 37.7 Å². The number of amides is 1. The molecular weight excluding hydrogens is 547 g/mol. The van der Waals surface area contributed by atoms with Gasteiger partial charge in [0, 0.05) is 44.2 Å². The fourth-order valence-corrected chi connectivity index (χ4v) is 7.23. The largest absolute Gasteiger partial charge is 0.495 e. The van der Waals surface area contributed by atoms with Crippen LogP contribution in [0.25, 0.3) is 11.1 Å². The Balaban J connectivity index is 1.18. The van der Waals surface area contributed by atoms with E-state index < -0.39 is 18.3 Å². The van der Waals surface area contributed by atoms with Gasteiger partial charge in [-0.25, -0.2) is 4.79 Å². The Morgan fingerprint density at radius 2 is 1.43 bits per heavy atom. The second kappa shape index (κ2) is 11.3. The van der Waals surface area contributed by atoms with Crippen molar-refractivity contribution in [1.82, 2.24) is 4.90 Å². The van der Waals surface area contributed by atoms with Gasteiger partial charge in [0.2, 0.25) is 0 Å². The van der Waals surface area contributed by atoms with Crippen LogP contribution < -0.4 is 10.4 Å². The van der Waals surface area contributed by atoms with E-state index in [2.05, 4.69) is 108 Å². The third-order valence-electron chi connectivity index (χ3n) is 10.4. The van der Waals surface area contributed by atoms with Gasteiger partial charge in [0.1, 0.15) is 6.61 Å². The van der Waals surface area contributed by atoms with Gasteiger partial charge in [-0.3, -0.25) is 0 Å². The number of fused-ring (bicyclic) bond motifs is 3. The van der Waals surface area contributed by atoms with Gasteiger partial charge in [-0.15, -0.1) is 12.3 Å². The maximum absolute atomic E-state index is 13.3. The fraction of sp³-hybridized carbons (Fsp3) is 0.432. The van der Waals surface area contributed by atoms with E-state index in [-0.39, 0.29) is 12.0 Å². The molecule has 1 amide bonds. The molecule has 1 aliphatic carbocycles. The molecule has 0 N–H and O–H groups in total. The lowest BCUT2D eigenvalue weighted by Crippen LogP contribution is -2.50. The number of anilines is 1. The monoisotopic (exact) mass is 590 g/mol. The highest BCUT2D eigenvalue weighted by molar-refractivity contribution is 6.63. The van der Waals surface area contributed by atoms with Gasteiger partial charge in [-0.1, -0.05) is 48.5 Å². The quantitative estimate of drug-likeness (QED) is 0.263. The number of ether oxygens (including phenoxy) is 1. The smallest absolute Gasteiger partial charge is 0.448 e. The molecule has 2 fully saturated rings. The molecule has 3 aromatic rings. The third-order valence-corrected chi connectivity index (χ3v) is 10.4.